The van der Waals surface area contributed by atoms with E-state index in [1.807, 2.05) is 0 Å². The molecule has 0 bridgehead atoms. The number of aliphatic carboxylic acids is 1. The number of nitrogens with one attached hydrogen (secondary N) is 1. The quantitative estimate of drug-likeness (QED) is 0.667. The first-order valence-corrected chi connectivity index (χ1v) is 6.43. The molecular weight excluding hydrogens is 286 g/mol. The van der Waals surface area contributed by atoms with Crippen molar-refractivity contribution in [1.29, 1.82) is 0 Å². The van der Waals surface area contributed by atoms with Gasteiger partial charge in [-0.1, -0.05) is 17.7 Å². The average Bonchev–Trinajstić information content (AvgIpc) is 2.38. The van der Waals surface area contributed by atoms with Crippen LogP contribution in [0.15, 0.2) is 24.3 Å². The molecule has 6 nitrogen and oxygen atoms in total. The molecule has 1 atom stereocenters. The van der Waals surface area contributed by atoms with Crippen molar-refractivity contribution in [1.82, 2.24) is 5.32 Å². The molecule has 1 rings (SSSR count). The van der Waals surface area contributed by atoms with Crippen LogP contribution in [0.5, 0.6) is 5.75 Å². The lowest BCUT2D eigenvalue weighted by Gasteiger charge is -2.08. The average molecular weight is 302 g/mol. The molecule has 0 radical (unpaired) electrons. The lowest BCUT2D eigenvalue weighted by molar-refractivity contribution is -0.147. The van der Waals surface area contributed by atoms with Crippen LogP contribution in [0.3, 0.4) is 0 Å². The molecule has 0 fully saturated rings. The van der Waals surface area contributed by atoms with Gasteiger partial charge in [0.25, 0.3) is 0 Å². The maximum absolute atomic E-state index is 11.4. The highest BCUT2D eigenvalue weighted by atomic mass is 35.5. The lowest BCUT2D eigenvalue weighted by atomic mass is 10.2. The second-order valence-electron chi connectivity index (χ2n) is 4.05. The summed E-state index contributed by atoms with van der Waals surface area (Å²) in [6.07, 6.45) is -1.36. The second-order valence-corrected chi connectivity index (χ2v) is 4.48. The summed E-state index contributed by atoms with van der Waals surface area (Å²) < 4.78 is 5.33. The number of amides is 1. The van der Waals surface area contributed by atoms with Crippen molar-refractivity contribution in [3.8, 4) is 5.75 Å². The number of hydrogen-bond acceptors (Lipinski definition) is 4. The van der Waals surface area contributed by atoms with Gasteiger partial charge in [0, 0.05) is 18.0 Å². The Morgan fingerprint density at radius 3 is 2.80 bits per heavy atom. The summed E-state index contributed by atoms with van der Waals surface area (Å²) in [4.78, 5) is 21.7. The van der Waals surface area contributed by atoms with Crippen LogP contribution in [-0.4, -0.2) is 41.3 Å². The third-order valence-corrected chi connectivity index (χ3v) is 2.65. The van der Waals surface area contributed by atoms with E-state index in [2.05, 4.69) is 5.32 Å². The normalized spacial score (nSPS) is 11.7. The summed E-state index contributed by atoms with van der Waals surface area (Å²) >= 11 is 5.78. The first kappa shape index (κ1) is 16.3. The van der Waals surface area contributed by atoms with Crippen molar-refractivity contribution in [3.05, 3.63) is 29.3 Å². The van der Waals surface area contributed by atoms with Gasteiger partial charge in [-0.3, -0.25) is 4.79 Å². The number of aliphatic hydroxyl groups excluding tert-OH is 1. The molecule has 0 aliphatic carbocycles. The molecule has 0 heterocycles. The largest absolute Gasteiger partial charge is 0.493 e. The highest BCUT2D eigenvalue weighted by molar-refractivity contribution is 6.30. The Labute approximate surface area is 121 Å². The third kappa shape index (κ3) is 6.40. The van der Waals surface area contributed by atoms with Gasteiger partial charge < -0.3 is 20.3 Å². The Morgan fingerprint density at radius 1 is 1.40 bits per heavy atom. The predicted octanol–water partition coefficient (Wildman–Crippen LogP) is 1.06. The Balaban J connectivity index is 2.16. The van der Waals surface area contributed by atoms with Crippen molar-refractivity contribution in [2.75, 3.05) is 13.2 Å². The molecule has 0 saturated heterocycles. The van der Waals surface area contributed by atoms with Crippen LogP contribution in [0, 0.1) is 0 Å². The molecule has 110 valence electrons. The first-order valence-electron chi connectivity index (χ1n) is 6.05. The molecule has 0 spiro atoms. The zero-order valence-corrected chi connectivity index (χ0v) is 11.5. The van der Waals surface area contributed by atoms with Crippen LogP contribution in [0.4, 0.5) is 0 Å². The van der Waals surface area contributed by atoms with Crippen LogP contribution in [0.25, 0.3) is 0 Å². The number of benzene rings is 1. The maximum Gasteiger partial charge on any atom is 0.332 e. The Hall–Kier alpha value is -1.79. The van der Waals surface area contributed by atoms with Crippen molar-refractivity contribution < 1.29 is 24.5 Å². The summed E-state index contributed by atoms with van der Waals surface area (Å²) in [6, 6.07) is 6.83. The first-order chi connectivity index (χ1) is 9.49. The molecule has 0 saturated carbocycles. The van der Waals surface area contributed by atoms with Crippen LogP contribution in [-0.2, 0) is 9.59 Å². The molecule has 0 aliphatic rings. The lowest BCUT2D eigenvalue weighted by Crippen LogP contribution is -2.30. The van der Waals surface area contributed by atoms with Gasteiger partial charge in [-0.2, -0.15) is 0 Å². The number of carboxylic acids is 1. The minimum atomic E-state index is -1.46. The van der Waals surface area contributed by atoms with Crippen LogP contribution in [0.2, 0.25) is 5.02 Å². The van der Waals surface area contributed by atoms with Gasteiger partial charge in [-0.15, -0.1) is 0 Å². The van der Waals surface area contributed by atoms with E-state index in [1.54, 1.807) is 24.3 Å². The van der Waals surface area contributed by atoms with Gasteiger partial charge >= 0.3 is 5.97 Å². The van der Waals surface area contributed by atoms with Gasteiger partial charge in [-0.25, -0.2) is 4.79 Å². The fourth-order valence-electron chi connectivity index (χ4n) is 1.38. The Kier molecular flexibility index (Phi) is 6.83. The highest BCUT2D eigenvalue weighted by Gasteiger charge is 2.12. The van der Waals surface area contributed by atoms with E-state index in [9.17, 15) is 9.59 Å². The molecule has 1 aromatic rings. The second kappa shape index (κ2) is 8.39. The Morgan fingerprint density at radius 2 is 2.15 bits per heavy atom. The van der Waals surface area contributed by atoms with E-state index in [1.165, 1.54) is 0 Å². The molecule has 1 unspecified atom stereocenters. The molecule has 3 N–H and O–H groups in total. The number of carbonyl (C=O) groups excluding carboxylic acids is 1. The monoisotopic (exact) mass is 301 g/mol. The number of hydrogen-bond donors (Lipinski definition) is 3. The molecule has 0 aliphatic heterocycles. The predicted molar refractivity (Wildman–Crippen MR) is 72.8 cm³/mol. The number of carboxylic acid groups (broad SMARTS) is 1. The van der Waals surface area contributed by atoms with Crippen LogP contribution >= 0.6 is 11.6 Å². The standard InChI is InChI=1S/C13H16ClNO5/c14-9-2-1-3-10(8-9)20-7-5-12(17)15-6-4-11(16)13(18)19/h1-3,8,11,16H,4-7H2,(H,15,17)(H,18,19). The third-order valence-electron chi connectivity index (χ3n) is 2.42. The van der Waals surface area contributed by atoms with Crippen molar-refractivity contribution in [2.45, 2.75) is 18.9 Å². The van der Waals surface area contributed by atoms with Crippen molar-refractivity contribution in [3.63, 3.8) is 0 Å². The SMILES string of the molecule is O=C(CCOc1cccc(Cl)c1)NCCC(O)C(=O)O. The van der Waals surface area contributed by atoms with Gasteiger partial charge in [0.1, 0.15) is 5.75 Å². The molecule has 1 amide bonds. The summed E-state index contributed by atoms with van der Waals surface area (Å²) in [5, 5.41) is 20.5. The minimum Gasteiger partial charge on any atom is -0.493 e. The van der Waals surface area contributed by atoms with E-state index in [4.69, 9.17) is 26.6 Å². The van der Waals surface area contributed by atoms with E-state index in [0.717, 1.165) is 0 Å². The summed E-state index contributed by atoms with van der Waals surface area (Å²) in [7, 11) is 0. The topological polar surface area (TPSA) is 95.9 Å². The van der Waals surface area contributed by atoms with Gasteiger partial charge in [0.2, 0.25) is 5.91 Å². The van der Waals surface area contributed by atoms with Gasteiger partial charge in [0.15, 0.2) is 6.10 Å². The zero-order chi connectivity index (χ0) is 15.0. The van der Waals surface area contributed by atoms with Crippen LogP contribution in [0.1, 0.15) is 12.8 Å². The van der Waals surface area contributed by atoms with Crippen molar-refractivity contribution >= 4 is 23.5 Å². The molecule has 0 aromatic heterocycles. The van der Waals surface area contributed by atoms with E-state index in [0.29, 0.717) is 10.8 Å². The fraction of sp³-hybridized carbons (Fsp3) is 0.385. The molecule has 7 heteroatoms. The fourth-order valence-corrected chi connectivity index (χ4v) is 1.56. The van der Waals surface area contributed by atoms with E-state index < -0.39 is 12.1 Å². The van der Waals surface area contributed by atoms with Gasteiger partial charge in [0.05, 0.1) is 13.0 Å². The number of carbonyl (C=O) groups is 2. The van der Waals surface area contributed by atoms with E-state index in [-0.39, 0.29) is 31.9 Å². The molecular formula is C13H16ClNO5. The highest BCUT2D eigenvalue weighted by Crippen LogP contribution is 2.16. The number of halogens is 1. The summed E-state index contributed by atoms with van der Waals surface area (Å²) in [5.41, 5.74) is 0. The van der Waals surface area contributed by atoms with Crippen molar-refractivity contribution in [2.24, 2.45) is 0 Å². The summed E-state index contributed by atoms with van der Waals surface area (Å²) in [5.74, 6) is -1.00. The summed E-state index contributed by atoms with van der Waals surface area (Å²) in [6.45, 7) is 0.289. The Bertz CT molecular complexity index is 466. The smallest absolute Gasteiger partial charge is 0.332 e. The number of aliphatic hydroxyl groups is 1. The number of ether oxygens (including phenoxy) is 1. The minimum absolute atomic E-state index is 0.0315. The number of rotatable bonds is 8. The zero-order valence-electron chi connectivity index (χ0n) is 10.7. The van der Waals surface area contributed by atoms with Crippen LogP contribution < -0.4 is 10.1 Å². The molecule has 20 heavy (non-hydrogen) atoms. The van der Waals surface area contributed by atoms with E-state index >= 15 is 0 Å². The van der Waals surface area contributed by atoms with Gasteiger partial charge in [-0.05, 0) is 18.2 Å². The molecule has 1 aromatic carbocycles. The maximum atomic E-state index is 11.4.